The lowest BCUT2D eigenvalue weighted by Crippen LogP contribution is -2.29. The van der Waals surface area contributed by atoms with E-state index >= 15 is 0 Å². The van der Waals surface area contributed by atoms with Crippen molar-refractivity contribution >= 4 is 23.0 Å². The first-order chi connectivity index (χ1) is 8.22. The molecule has 1 aromatic carbocycles. The van der Waals surface area contributed by atoms with E-state index in [0.717, 1.165) is 18.8 Å². The van der Waals surface area contributed by atoms with Crippen LogP contribution < -0.4 is 15.4 Å². The maximum Gasteiger partial charge on any atom is 0.160 e. The molecule has 0 aromatic heterocycles. The van der Waals surface area contributed by atoms with Crippen LogP contribution in [0.2, 0.25) is 5.02 Å². The van der Waals surface area contributed by atoms with Gasteiger partial charge in [0.2, 0.25) is 0 Å². The monoisotopic (exact) mass is 254 g/mol. The number of nitrogens with two attached hydrogens (primary N) is 1. The zero-order valence-corrected chi connectivity index (χ0v) is 11.0. The van der Waals surface area contributed by atoms with Crippen LogP contribution in [0.15, 0.2) is 12.1 Å². The van der Waals surface area contributed by atoms with Crippen LogP contribution in [-0.2, 0) is 0 Å². The highest BCUT2D eigenvalue weighted by Crippen LogP contribution is 2.36. The number of benzene rings is 1. The van der Waals surface area contributed by atoms with Crippen LogP contribution in [0.25, 0.3) is 0 Å². The maximum atomic E-state index is 6.20. The van der Waals surface area contributed by atoms with Crippen LogP contribution in [0.5, 0.6) is 5.75 Å². The minimum absolute atomic E-state index is 0.576. The molecule has 1 aliphatic heterocycles. The molecule has 4 heteroatoms. The molecule has 0 unspecified atom stereocenters. The Bertz CT molecular complexity index is 366. The summed E-state index contributed by atoms with van der Waals surface area (Å²) in [6, 6.07) is 3.91. The molecule has 94 valence electrons. The van der Waals surface area contributed by atoms with Gasteiger partial charge in [0, 0.05) is 18.8 Å². The molecule has 0 radical (unpaired) electrons. The summed E-state index contributed by atoms with van der Waals surface area (Å²) in [4.78, 5) is 2.33. The molecule has 0 saturated carbocycles. The Morgan fingerprint density at radius 1 is 1.29 bits per heavy atom. The highest BCUT2D eigenvalue weighted by atomic mass is 35.5. The van der Waals surface area contributed by atoms with E-state index in [0.29, 0.717) is 23.1 Å². The molecular formula is C13H19ClN2O. The smallest absolute Gasteiger partial charge is 0.160 e. The fraction of sp³-hybridized carbons (Fsp3) is 0.538. The minimum atomic E-state index is 0.576. The van der Waals surface area contributed by atoms with Crippen molar-refractivity contribution in [3.05, 3.63) is 17.2 Å². The van der Waals surface area contributed by atoms with Crippen LogP contribution in [0.1, 0.15) is 26.2 Å². The van der Waals surface area contributed by atoms with Gasteiger partial charge in [-0.25, -0.2) is 0 Å². The Morgan fingerprint density at radius 3 is 2.59 bits per heavy atom. The van der Waals surface area contributed by atoms with Crippen LogP contribution in [0, 0.1) is 0 Å². The molecule has 17 heavy (non-hydrogen) atoms. The lowest BCUT2D eigenvalue weighted by Gasteiger charge is -2.29. The Labute approximate surface area is 107 Å². The van der Waals surface area contributed by atoms with Gasteiger partial charge in [0.15, 0.2) is 5.75 Å². The van der Waals surface area contributed by atoms with Gasteiger partial charge in [-0.05, 0) is 38.3 Å². The number of nitrogens with zero attached hydrogens (tertiary/aromatic N) is 1. The van der Waals surface area contributed by atoms with Crippen molar-refractivity contribution in [1.29, 1.82) is 0 Å². The van der Waals surface area contributed by atoms with Gasteiger partial charge < -0.3 is 15.4 Å². The number of hydrogen-bond acceptors (Lipinski definition) is 3. The number of nitrogen functional groups attached to an aromatic ring is 1. The Hall–Kier alpha value is -1.09. The molecule has 2 N–H and O–H groups in total. The SMILES string of the molecule is CCOc1c(N)cc(N2CCCCC2)cc1Cl. The fourth-order valence-corrected chi connectivity index (χ4v) is 2.51. The van der Waals surface area contributed by atoms with Gasteiger partial charge in [-0.15, -0.1) is 0 Å². The summed E-state index contributed by atoms with van der Waals surface area (Å²) in [5.74, 6) is 0.606. The van der Waals surface area contributed by atoms with E-state index in [2.05, 4.69) is 4.90 Å². The summed E-state index contributed by atoms with van der Waals surface area (Å²) < 4.78 is 5.43. The number of rotatable bonds is 3. The van der Waals surface area contributed by atoms with Crippen LogP contribution in [-0.4, -0.2) is 19.7 Å². The number of piperidine rings is 1. The van der Waals surface area contributed by atoms with Crippen molar-refractivity contribution in [1.82, 2.24) is 0 Å². The second kappa shape index (κ2) is 5.50. The summed E-state index contributed by atoms with van der Waals surface area (Å²) in [6.45, 7) is 4.68. The first-order valence-corrected chi connectivity index (χ1v) is 6.57. The predicted molar refractivity (Wildman–Crippen MR) is 73.1 cm³/mol. The third-order valence-electron chi connectivity index (χ3n) is 3.07. The first kappa shape index (κ1) is 12.4. The molecule has 0 aliphatic carbocycles. The average Bonchev–Trinajstić information content (AvgIpc) is 2.35. The topological polar surface area (TPSA) is 38.5 Å². The molecular weight excluding hydrogens is 236 g/mol. The molecule has 1 saturated heterocycles. The normalized spacial score (nSPS) is 16.0. The van der Waals surface area contributed by atoms with E-state index < -0.39 is 0 Å². The number of ether oxygens (including phenoxy) is 1. The molecule has 0 atom stereocenters. The summed E-state index contributed by atoms with van der Waals surface area (Å²) in [7, 11) is 0. The van der Waals surface area contributed by atoms with E-state index in [1.165, 1.54) is 19.3 Å². The molecule has 0 bridgehead atoms. The van der Waals surface area contributed by atoms with E-state index in [-0.39, 0.29) is 0 Å². The van der Waals surface area contributed by atoms with Gasteiger partial charge in [0.25, 0.3) is 0 Å². The molecule has 1 aliphatic rings. The second-order valence-electron chi connectivity index (χ2n) is 4.33. The summed E-state index contributed by atoms with van der Waals surface area (Å²) in [5, 5.41) is 0.604. The molecule has 1 heterocycles. The lowest BCUT2D eigenvalue weighted by atomic mass is 10.1. The van der Waals surface area contributed by atoms with Gasteiger partial charge in [-0.2, -0.15) is 0 Å². The molecule has 2 rings (SSSR count). The summed E-state index contributed by atoms with van der Waals surface area (Å²) in [6.07, 6.45) is 3.80. The third kappa shape index (κ3) is 2.78. The fourth-order valence-electron chi connectivity index (χ4n) is 2.23. The molecule has 3 nitrogen and oxygen atoms in total. The largest absolute Gasteiger partial charge is 0.490 e. The van der Waals surface area contributed by atoms with Crippen molar-refractivity contribution in [2.45, 2.75) is 26.2 Å². The van der Waals surface area contributed by atoms with Gasteiger partial charge in [0.05, 0.1) is 17.3 Å². The standard InChI is InChI=1S/C13H19ClN2O/c1-2-17-13-11(14)8-10(9-12(13)15)16-6-4-3-5-7-16/h8-9H,2-7,15H2,1H3. The highest BCUT2D eigenvalue weighted by molar-refractivity contribution is 6.32. The minimum Gasteiger partial charge on any atom is -0.490 e. The lowest BCUT2D eigenvalue weighted by molar-refractivity contribution is 0.342. The molecule has 1 aromatic rings. The number of halogens is 1. The van der Waals surface area contributed by atoms with Crippen LogP contribution in [0.3, 0.4) is 0 Å². The average molecular weight is 255 g/mol. The number of hydrogen-bond donors (Lipinski definition) is 1. The molecule has 0 spiro atoms. The molecule has 0 amide bonds. The quantitative estimate of drug-likeness (QED) is 0.841. The predicted octanol–water partition coefficient (Wildman–Crippen LogP) is 3.31. The highest BCUT2D eigenvalue weighted by Gasteiger charge is 2.15. The summed E-state index contributed by atoms with van der Waals surface area (Å²) >= 11 is 6.20. The van der Waals surface area contributed by atoms with E-state index in [4.69, 9.17) is 22.1 Å². The maximum absolute atomic E-state index is 6.20. The summed E-state index contributed by atoms with van der Waals surface area (Å²) in [5.41, 5.74) is 7.71. The van der Waals surface area contributed by atoms with Crippen molar-refractivity contribution in [3.8, 4) is 5.75 Å². The Kier molecular flexibility index (Phi) is 4.00. The van der Waals surface area contributed by atoms with E-state index in [1.807, 2.05) is 19.1 Å². The Morgan fingerprint density at radius 2 is 2.00 bits per heavy atom. The van der Waals surface area contributed by atoms with Gasteiger partial charge in [-0.1, -0.05) is 11.6 Å². The van der Waals surface area contributed by atoms with Crippen LogP contribution in [0.4, 0.5) is 11.4 Å². The third-order valence-corrected chi connectivity index (χ3v) is 3.35. The Balaban J connectivity index is 2.24. The van der Waals surface area contributed by atoms with Crippen molar-refractivity contribution in [3.63, 3.8) is 0 Å². The molecule has 1 fully saturated rings. The van der Waals surface area contributed by atoms with Gasteiger partial charge >= 0.3 is 0 Å². The van der Waals surface area contributed by atoms with Crippen molar-refractivity contribution < 1.29 is 4.74 Å². The zero-order chi connectivity index (χ0) is 12.3. The second-order valence-corrected chi connectivity index (χ2v) is 4.73. The van der Waals surface area contributed by atoms with Crippen molar-refractivity contribution in [2.75, 3.05) is 30.3 Å². The van der Waals surface area contributed by atoms with Gasteiger partial charge in [0.1, 0.15) is 0 Å². The van der Waals surface area contributed by atoms with Crippen LogP contribution >= 0.6 is 11.6 Å². The number of anilines is 2. The van der Waals surface area contributed by atoms with Gasteiger partial charge in [-0.3, -0.25) is 0 Å². The first-order valence-electron chi connectivity index (χ1n) is 6.19. The zero-order valence-electron chi connectivity index (χ0n) is 10.2. The van der Waals surface area contributed by atoms with E-state index in [9.17, 15) is 0 Å². The van der Waals surface area contributed by atoms with Crippen molar-refractivity contribution in [2.24, 2.45) is 0 Å². The van der Waals surface area contributed by atoms with E-state index in [1.54, 1.807) is 0 Å².